The molecule has 0 aliphatic heterocycles. The molecule has 78 valence electrons. The molecule has 4 heteroatoms. The van der Waals surface area contributed by atoms with Crippen LogP contribution < -0.4 is 0 Å². The number of hydrogen-bond donors (Lipinski definition) is 0. The number of esters is 1. The van der Waals surface area contributed by atoms with Gasteiger partial charge in [0.1, 0.15) is 6.07 Å². The highest BCUT2D eigenvalue weighted by atomic mass is 16.5. The summed E-state index contributed by atoms with van der Waals surface area (Å²) in [6.45, 7) is 3.94. The summed E-state index contributed by atoms with van der Waals surface area (Å²) < 4.78 is 4.80. The maximum Gasteiger partial charge on any atom is 0.311 e. The first-order valence-electron chi connectivity index (χ1n) is 4.68. The van der Waals surface area contributed by atoms with Crippen LogP contribution in [-0.2, 0) is 16.0 Å². The maximum absolute atomic E-state index is 11.2. The van der Waals surface area contributed by atoms with Gasteiger partial charge in [0.25, 0.3) is 0 Å². The van der Waals surface area contributed by atoms with Gasteiger partial charge in [-0.1, -0.05) is 0 Å². The lowest BCUT2D eigenvalue weighted by Crippen LogP contribution is -2.09. The van der Waals surface area contributed by atoms with Crippen LogP contribution in [0, 0.1) is 18.3 Å². The molecule has 1 rings (SSSR count). The fourth-order valence-corrected chi connectivity index (χ4v) is 1.19. The van der Waals surface area contributed by atoms with Gasteiger partial charge >= 0.3 is 5.97 Å². The van der Waals surface area contributed by atoms with E-state index in [1.54, 1.807) is 13.0 Å². The van der Waals surface area contributed by atoms with E-state index in [9.17, 15) is 4.79 Å². The van der Waals surface area contributed by atoms with Gasteiger partial charge < -0.3 is 4.74 Å². The first kappa shape index (κ1) is 11.2. The second-order valence-electron chi connectivity index (χ2n) is 3.08. The smallest absolute Gasteiger partial charge is 0.311 e. The van der Waals surface area contributed by atoms with Crippen LogP contribution in [0.15, 0.2) is 12.3 Å². The van der Waals surface area contributed by atoms with E-state index in [4.69, 9.17) is 10.00 Å². The Hall–Kier alpha value is -1.89. The van der Waals surface area contributed by atoms with Gasteiger partial charge in [-0.3, -0.25) is 9.78 Å². The molecule has 0 radical (unpaired) electrons. The predicted octanol–water partition coefficient (Wildman–Crippen LogP) is 1.37. The predicted molar refractivity (Wildman–Crippen MR) is 54.0 cm³/mol. The zero-order chi connectivity index (χ0) is 11.3. The van der Waals surface area contributed by atoms with Crippen molar-refractivity contribution in [3.8, 4) is 6.07 Å². The van der Waals surface area contributed by atoms with E-state index in [2.05, 4.69) is 4.98 Å². The molecule has 1 aromatic rings. The zero-order valence-corrected chi connectivity index (χ0v) is 8.78. The van der Waals surface area contributed by atoms with E-state index in [1.165, 1.54) is 6.20 Å². The number of carbonyl (C=O) groups is 1. The Balaban J connectivity index is 2.76. The molecule has 0 atom stereocenters. The number of aryl methyl sites for hydroxylation is 1. The lowest BCUT2D eigenvalue weighted by molar-refractivity contribution is -0.142. The number of hydrogen-bond acceptors (Lipinski definition) is 4. The molecule has 0 bridgehead atoms. The van der Waals surface area contributed by atoms with Crippen LogP contribution in [0.4, 0.5) is 0 Å². The van der Waals surface area contributed by atoms with E-state index in [1.807, 2.05) is 13.0 Å². The minimum atomic E-state index is -0.297. The number of ether oxygens (including phenoxy) is 1. The van der Waals surface area contributed by atoms with E-state index in [0.717, 1.165) is 5.56 Å². The summed E-state index contributed by atoms with van der Waals surface area (Å²) in [4.78, 5) is 15.2. The number of rotatable bonds is 3. The molecule has 0 saturated carbocycles. The lowest BCUT2D eigenvalue weighted by atomic mass is 10.1. The van der Waals surface area contributed by atoms with Gasteiger partial charge in [0.2, 0.25) is 0 Å². The molecule has 0 N–H and O–H groups in total. The fourth-order valence-electron chi connectivity index (χ4n) is 1.19. The van der Waals surface area contributed by atoms with Crippen molar-refractivity contribution in [3.63, 3.8) is 0 Å². The normalized spacial score (nSPS) is 9.40. The highest BCUT2D eigenvalue weighted by Crippen LogP contribution is 2.07. The van der Waals surface area contributed by atoms with Gasteiger partial charge in [-0.05, 0) is 25.5 Å². The zero-order valence-electron chi connectivity index (χ0n) is 8.78. The molecule has 0 aliphatic carbocycles. The van der Waals surface area contributed by atoms with Crippen LogP contribution in [0.1, 0.15) is 23.7 Å². The summed E-state index contributed by atoms with van der Waals surface area (Å²) >= 11 is 0. The highest BCUT2D eigenvalue weighted by molar-refractivity contribution is 5.72. The van der Waals surface area contributed by atoms with Gasteiger partial charge in [0.15, 0.2) is 0 Å². The molecule has 4 nitrogen and oxygen atoms in total. The van der Waals surface area contributed by atoms with Crippen LogP contribution in [0.2, 0.25) is 0 Å². The van der Waals surface area contributed by atoms with Crippen molar-refractivity contribution in [1.29, 1.82) is 5.26 Å². The van der Waals surface area contributed by atoms with Crippen molar-refractivity contribution in [2.24, 2.45) is 0 Å². The summed E-state index contributed by atoms with van der Waals surface area (Å²) in [6, 6.07) is 3.75. The molecule has 0 aliphatic rings. The SMILES string of the molecule is CCOC(=O)Cc1cc(C)c(C#N)cn1. The Bertz CT molecular complexity index is 408. The third-order valence-electron chi connectivity index (χ3n) is 1.92. The summed E-state index contributed by atoms with van der Waals surface area (Å²) in [5, 5.41) is 8.69. The average Bonchev–Trinajstić information content (AvgIpc) is 2.18. The molecule has 1 heterocycles. The Morgan fingerprint density at radius 3 is 2.93 bits per heavy atom. The van der Waals surface area contributed by atoms with E-state index >= 15 is 0 Å². The number of pyridine rings is 1. The van der Waals surface area contributed by atoms with Gasteiger partial charge in [0.05, 0.1) is 24.3 Å². The third-order valence-corrected chi connectivity index (χ3v) is 1.92. The van der Waals surface area contributed by atoms with Gasteiger partial charge in [-0.25, -0.2) is 0 Å². The quantitative estimate of drug-likeness (QED) is 0.697. The number of carbonyl (C=O) groups excluding carboxylic acids is 1. The monoisotopic (exact) mass is 204 g/mol. The number of nitriles is 1. The van der Waals surface area contributed by atoms with Crippen molar-refractivity contribution < 1.29 is 9.53 Å². The Labute approximate surface area is 88.5 Å². The van der Waals surface area contributed by atoms with Crippen LogP contribution in [0.25, 0.3) is 0 Å². The lowest BCUT2D eigenvalue weighted by Gasteiger charge is -2.03. The minimum Gasteiger partial charge on any atom is -0.466 e. The van der Waals surface area contributed by atoms with E-state index < -0.39 is 0 Å². The van der Waals surface area contributed by atoms with Crippen LogP contribution in [0.5, 0.6) is 0 Å². The average molecular weight is 204 g/mol. The molecule has 0 unspecified atom stereocenters. The van der Waals surface area contributed by atoms with Crippen molar-refractivity contribution in [1.82, 2.24) is 4.98 Å². The minimum absolute atomic E-state index is 0.153. The Morgan fingerprint density at radius 1 is 1.67 bits per heavy atom. The van der Waals surface area contributed by atoms with Crippen molar-refractivity contribution in [2.45, 2.75) is 20.3 Å². The topological polar surface area (TPSA) is 63.0 Å². The molecule has 0 aromatic carbocycles. The van der Waals surface area contributed by atoms with Gasteiger partial charge in [-0.2, -0.15) is 5.26 Å². The molecule has 0 spiro atoms. The summed E-state index contributed by atoms with van der Waals surface area (Å²) in [5.74, 6) is -0.297. The summed E-state index contributed by atoms with van der Waals surface area (Å²) in [6.07, 6.45) is 1.63. The first-order valence-corrected chi connectivity index (χ1v) is 4.68. The molecule has 1 aromatic heterocycles. The Kier molecular flexibility index (Phi) is 3.81. The van der Waals surface area contributed by atoms with Crippen LogP contribution in [-0.4, -0.2) is 17.6 Å². The summed E-state index contributed by atoms with van der Waals surface area (Å²) in [5.41, 5.74) is 1.99. The van der Waals surface area contributed by atoms with Gasteiger partial charge in [-0.15, -0.1) is 0 Å². The van der Waals surface area contributed by atoms with Crippen molar-refractivity contribution in [3.05, 3.63) is 29.1 Å². The molecule has 0 fully saturated rings. The van der Waals surface area contributed by atoms with E-state index in [-0.39, 0.29) is 12.4 Å². The van der Waals surface area contributed by atoms with Crippen molar-refractivity contribution in [2.75, 3.05) is 6.61 Å². The van der Waals surface area contributed by atoms with Crippen LogP contribution >= 0.6 is 0 Å². The van der Waals surface area contributed by atoms with E-state index in [0.29, 0.717) is 17.9 Å². The second kappa shape index (κ2) is 5.11. The molecule has 0 saturated heterocycles. The molecule has 0 amide bonds. The van der Waals surface area contributed by atoms with Gasteiger partial charge in [0, 0.05) is 6.20 Å². The number of aromatic nitrogens is 1. The molecule has 15 heavy (non-hydrogen) atoms. The fraction of sp³-hybridized carbons (Fsp3) is 0.364. The second-order valence-corrected chi connectivity index (χ2v) is 3.08. The molecular weight excluding hydrogens is 192 g/mol. The summed E-state index contributed by atoms with van der Waals surface area (Å²) in [7, 11) is 0. The Morgan fingerprint density at radius 2 is 2.40 bits per heavy atom. The number of nitrogens with zero attached hydrogens (tertiary/aromatic N) is 2. The van der Waals surface area contributed by atoms with Crippen LogP contribution in [0.3, 0.4) is 0 Å². The van der Waals surface area contributed by atoms with Crippen molar-refractivity contribution >= 4 is 5.97 Å². The third kappa shape index (κ3) is 3.06. The highest BCUT2D eigenvalue weighted by Gasteiger charge is 2.06. The first-order chi connectivity index (χ1) is 7.17. The standard InChI is InChI=1S/C11H12N2O2/c1-3-15-11(14)5-10-4-8(2)9(6-12)7-13-10/h4,7H,3,5H2,1-2H3. The molecular formula is C11H12N2O2. The maximum atomic E-state index is 11.2. The largest absolute Gasteiger partial charge is 0.466 e.